The minimum atomic E-state index is -2.65. The lowest BCUT2D eigenvalue weighted by Gasteiger charge is -2.10. The van der Waals surface area contributed by atoms with Crippen molar-refractivity contribution in [1.82, 2.24) is 42.5 Å². The molecule has 21 aliphatic rings. The molecule has 6 saturated carbocycles. The van der Waals surface area contributed by atoms with E-state index >= 15 is 0 Å². The molecule has 21 rings (SSSR count). The average Bonchev–Trinajstić information content (AvgIpc) is 1.84. The van der Waals surface area contributed by atoms with Crippen LogP contribution in [0.3, 0.4) is 0 Å². The minimum absolute atomic E-state index is 0. The predicted molar refractivity (Wildman–Crippen MR) is 627 cm³/mol. The summed E-state index contributed by atoms with van der Waals surface area (Å²) in [6.45, 7) is 22.9. The molecule has 0 atom stereocenters. The summed E-state index contributed by atoms with van der Waals surface area (Å²) in [5.41, 5.74) is 0. The van der Waals surface area contributed by atoms with E-state index in [1.165, 1.54) is 403 Å². The van der Waals surface area contributed by atoms with Gasteiger partial charge < -0.3 is 61.5 Å². The molecule has 19 nitrogen and oxygen atoms in total. The van der Waals surface area contributed by atoms with E-state index in [-0.39, 0.29) is 104 Å². The molecule has 0 amide bonds. The highest BCUT2D eigenvalue weighted by Crippen LogP contribution is 2.20. The molecule has 10 saturated heterocycles. The summed E-state index contributed by atoms with van der Waals surface area (Å²) in [6, 6.07) is 0. The minimum Gasteiger partial charge on any atom is -0.482 e. The second-order valence-electron chi connectivity index (χ2n) is 33.4. The molecule has 0 aromatic carbocycles. The van der Waals surface area contributed by atoms with Crippen LogP contribution < -0.4 is 42.5 Å². The van der Waals surface area contributed by atoms with Crippen LogP contribution in [0.25, 0.3) is 0 Å². The molecule has 24 heteroatoms. The molecule has 14 heterocycles. The number of nitrogens with one attached hydrogen (secondary N) is 8. The number of Topliss-reactive ketones (excluding diaryl/α,β-unsaturated/α-hetero) is 1. The van der Waals surface area contributed by atoms with Gasteiger partial charge in [0.1, 0.15) is 22.2 Å². The van der Waals surface area contributed by atoms with Gasteiger partial charge in [0.2, 0.25) is 0 Å². The zero-order valence-corrected chi connectivity index (χ0v) is 81.8. The Balaban J connectivity index is -0.0000000945. The van der Waals surface area contributed by atoms with E-state index < -0.39 is 19.7 Å². The Bertz CT molecular complexity index is 2080. The monoisotopic (exact) mass is 2020 g/mol. The Kier molecular flexibility index (Phi) is 173. The van der Waals surface area contributed by atoms with Gasteiger partial charge in [0, 0.05) is 116 Å². The standard InChI is InChI=1S/2C7H14.C6H12O.2C5H11N.C5H9N.C5H8O.C5H10.C5H8.C4H9NO2S.C4H9NO.C4H9NS.C4H5NS.C4H9N.C4H7N.C4H8O2S.C4H8O.C4H8S.2C4H8.C3H5NO.14CH4/c3*1-2-4-6-7-5-3-1;3*1-2-4-6-5-3-1;6-5-3-1-2-4-5;2*1-2-4-5-3-1;6-8(7)3-1-5-2-4-8;3*1-3-6-4-2-5-1;2*1-2-4-5-3-1;5-7(6)3-1-2-4-7;2*1-2-4-5-3-1;2*1-2-4-3-1;1-2-5-3-4-1;;;;;;;;;;;;;;/h2*1-7H2;1-6H2;2*6H,1-5H2;2,4,6H,1,3,5H2;1-4H2;1-5H2;1-2H,3-5H2;5H,1-4H2;2*5H,1-4H2;1-5H;5H,1-4H2;3H,1-2,4H2;1-4H2;2*1-4H2;2*1-4H2;3H,1-2H2;14*1H4. The number of hydrogen-bond donors (Lipinski definition) is 8. The summed E-state index contributed by atoms with van der Waals surface area (Å²) in [4.78, 5) is 17.9. The van der Waals surface area contributed by atoms with Crippen molar-refractivity contribution < 1.29 is 40.6 Å². The molecule has 16 fully saturated rings. The van der Waals surface area contributed by atoms with Crippen LogP contribution in [-0.4, -0.2) is 226 Å². The van der Waals surface area contributed by atoms with Gasteiger partial charge in [-0.3, -0.25) is 14.8 Å². The number of carbonyl (C=O) groups excluding carboxylic acids is 1. The molecule has 0 aromatic heterocycles. The van der Waals surface area contributed by atoms with Crippen LogP contribution in [0.15, 0.2) is 57.6 Å². The Morgan fingerprint density at radius 2 is 0.585 bits per heavy atom. The maximum absolute atomic E-state index is 10.6. The van der Waals surface area contributed by atoms with Gasteiger partial charge in [-0.25, -0.2) is 16.8 Å². The average molecular weight is 2030 g/mol. The maximum atomic E-state index is 10.6. The van der Waals surface area contributed by atoms with Crippen LogP contribution >= 0.6 is 35.3 Å². The second kappa shape index (κ2) is 143. The largest absolute Gasteiger partial charge is 0.482 e. The van der Waals surface area contributed by atoms with Crippen LogP contribution in [0.5, 0.6) is 0 Å². The van der Waals surface area contributed by atoms with Crippen LogP contribution in [-0.2, 0) is 43.4 Å². The number of sulfone groups is 2. The summed E-state index contributed by atoms with van der Waals surface area (Å²) < 4.78 is 61.9. The number of ether oxygens (including phenoxy) is 4. The van der Waals surface area contributed by atoms with Gasteiger partial charge in [-0.15, -0.1) is 11.8 Å². The molecule has 135 heavy (non-hydrogen) atoms. The fraction of sp³-hybridized carbons (Fsp3) is 0.901. The lowest BCUT2D eigenvalue weighted by Crippen LogP contribution is -2.35. The lowest BCUT2D eigenvalue weighted by atomic mass is 10.0. The SMILES string of the molecule is C.C.C.C.C.C.C.C.C.C.C.C.C.C.C1=CCCC1.C1=CNCCC1.C1=CSC=CN1.C1=NCCC1.C1=NCCO1.C1CCC1.C1CCC1.C1CCCC1.C1CCCCCC1.C1CCCCCC1.C1CCCOCC1.C1CCNC1.C1CCNCC1.C1CCNCC1.C1CCOC1.C1CCSC1.C1COCCN1.C1CSCCN1.O=C1CCCC1.O=S1(=O)CCCC1.O=S1(=O)CCNCC1. The fourth-order valence-corrected chi connectivity index (χ4v) is 18.2. The molecule has 0 unspecified atom stereocenters. The number of morpholine rings is 1. The van der Waals surface area contributed by atoms with Crippen molar-refractivity contribution in [3.8, 4) is 0 Å². The van der Waals surface area contributed by atoms with Gasteiger partial charge in [-0.2, -0.15) is 23.5 Å². The Morgan fingerprint density at radius 1 is 0.259 bits per heavy atom. The van der Waals surface area contributed by atoms with E-state index in [4.69, 9.17) is 14.2 Å². The molecule has 7 aliphatic carbocycles. The van der Waals surface area contributed by atoms with Crippen molar-refractivity contribution in [1.29, 1.82) is 0 Å². The Morgan fingerprint density at radius 3 is 0.726 bits per heavy atom. The normalized spacial score (nSPS) is 21.0. The number of aliphatic imine (C=N–C) groups is 2. The highest BCUT2D eigenvalue weighted by Gasteiger charge is 2.17. The molecule has 14 aliphatic heterocycles. The third-order valence-corrected chi connectivity index (χ3v) is 28.1. The quantitative estimate of drug-likeness (QED) is 0.0830. The number of allylic oxidation sites excluding steroid dienone is 3. The number of ketones is 1. The van der Waals surface area contributed by atoms with Crippen LogP contribution in [0, 0.1) is 0 Å². The number of hydrogen-bond acceptors (Lipinski definition) is 22. The highest BCUT2D eigenvalue weighted by molar-refractivity contribution is 8.04. The number of carbonyl (C=O) groups is 1. The van der Waals surface area contributed by atoms with Crippen molar-refractivity contribution in [2.45, 2.75) is 464 Å². The van der Waals surface area contributed by atoms with Crippen LogP contribution in [0.2, 0.25) is 0 Å². The first-order valence-electron chi connectivity index (χ1n) is 50.2. The number of rotatable bonds is 0. The van der Waals surface area contributed by atoms with Gasteiger partial charge in [-0.05, 0) is 222 Å². The van der Waals surface area contributed by atoms with E-state index in [2.05, 4.69) is 87.2 Å². The summed E-state index contributed by atoms with van der Waals surface area (Å²) in [7, 11) is -5.19. The van der Waals surface area contributed by atoms with Gasteiger partial charge in [-0.1, -0.05) is 321 Å². The molecular weight excluding hydrogens is 1780 g/mol. The first kappa shape index (κ1) is 164. The van der Waals surface area contributed by atoms with E-state index in [0.717, 1.165) is 117 Å². The first-order valence-corrected chi connectivity index (χ1v) is 57.1. The summed E-state index contributed by atoms with van der Waals surface area (Å²) in [5.74, 6) is 7.37. The summed E-state index contributed by atoms with van der Waals surface area (Å²) in [6.07, 6.45) is 93.2. The topological polar surface area (TPSA) is 243 Å². The van der Waals surface area contributed by atoms with Gasteiger partial charge >= 0.3 is 0 Å². The first-order chi connectivity index (χ1) is 59.8. The van der Waals surface area contributed by atoms with E-state index in [1.54, 1.807) is 11.8 Å². The molecule has 824 valence electrons. The molecule has 0 aromatic rings. The number of nitrogens with zero attached hydrogens (tertiary/aromatic N) is 2. The number of thioether (sulfide) groups is 3. The van der Waals surface area contributed by atoms with E-state index in [1.807, 2.05) is 47.4 Å². The maximum Gasteiger partial charge on any atom is 0.169 e. The summed E-state index contributed by atoms with van der Waals surface area (Å²) in [5, 5.41) is 29.2. The lowest BCUT2D eigenvalue weighted by molar-refractivity contribution is -0.117. The van der Waals surface area contributed by atoms with Crippen molar-refractivity contribution in [3.63, 3.8) is 0 Å². The molecule has 0 radical (unpaired) electrons. The van der Waals surface area contributed by atoms with Crippen LogP contribution in [0.4, 0.5) is 0 Å². The van der Waals surface area contributed by atoms with Gasteiger partial charge in [0.15, 0.2) is 16.2 Å². The third kappa shape index (κ3) is 145. The van der Waals surface area contributed by atoms with Gasteiger partial charge in [0.05, 0.1) is 42.8 Å². The van der Waals surface area contributed by atoms with Crippen molar-refractivity contribution in [2.24, 2.45) is 9.98 Å². The van der Waals surface area contributed by atoms with Crippen LogP contribution in [0.1, 0.15) is 464 Å². The molecule has 8 N–H and O–H groups in total. The van der Waals surface area contributed by atoms with E-state index in [9.17, 15) is 21.6 Å². The molecule has 0 spiro atoms. The fourth-order valence-electron chi connectivity index (χ4n) is 13.3. The highest BCUT2D eigenvalue weighted by atomic mass is 32.2. The second-order valence-corrected chi connectivity index (χ2v) is 41.3. The summed E-state index contributed by atoms with van der Waals surface area (Å²) >= 11 is 5.78. The Hall–Kier alpha value is -2.04. The smallest absolute Gasteiger partial charge is 0.169 e. The predicted octanol–water partition coefficient (Wildman–Crippen LogP) is 30.2. The van der Waals surface area contributed by atoms with Crippen molar-refractivity contribution in [2.75, 3.05) is 190 Å². The molecular formula is C111H246N10O9S5. The number of piperidine rings is 2. The van der Waals surface area contributed by atoms with Crippen molar-refractivity contribution in [3.05, 3.63) is 47.6 Å². The van der Waals surface area contributed by atoms with E-state index in [0.29, 0.717) is 41.9 Å². The zero-order valence-electron chi connectivity index (χ0n) is 77.7. The Labute approximate surface area is 862 Å². The third-order valence-electron chi connectivity index (χ3n) is 21.9. The zero-order chi connectivity index (χ0) is 86.5. The van der Waals surface area contributed by atoms with Gasteiger partial charge in [0.25, 0.3) is 0 Å². The molecule has 0 bridgehead atoms. The van der Waals surface area contributed by atoms with Crippen molar-refractivity contribution >= 4 is 73.4 Å².